The summed E-state index contributed by atoms with van der Waals surface area (Å²) in [5.74, 6) is 7.17. The van der Waals surface area contributed by atoms with E-state index in [2.05, 4.69) is 43.7 Å². The van der Waals surface area contributed by atoms with E-state index in [0.29, 0.717) is 23.6 Å². The van der Waals surface area contributed by atoms with Crippen LogP contribution in [0.25, 0.3) is 0 Å². The van der Waals surface area contributed by atoms with Crippen LogP contribution < -0.4 is 11.6 Å². The Balaban J connectivity index is 0.00000149. The number of hydrazone groups is 1. The molecule has 4 rings (SSSR count). The second-order valence-corrected chi connectivity index (χ2v) is 9.86. The number of hydrogen-bond donors (Lipinski definition) is 3. The largest absolute Gasteiger partial charge is 0.393 e. The van der Waals surface area contributed by atoms with Crippen molar-refractivity contribution in [2.24, 2.45) is 33.9 Å². The van der Waals surface area contributed by atoms with E-state index < -0.39 is 0 Å². The molecule has 5 N–H and O–H groups in total. The minimum Gasteiger partial charge on any atom is -0.393 e. The summed E-state index contributed by atoms with van der Waals surface area (Å²) >= 11 is 0. The lowest BCUT2D eigenvalue weighted by Crippen LogP contribution is -2.44. The van der Waals surface area contributed by atoms with Crippen LogP contribution in [-0.4, -0.2) is 17.0 Å². The Labute approximate surface area is 200 Å². The lowest BCUT2D eigenvalue weighted by molar-refractivity contribution is -0.00293. The van der Waals surface area contributed by atoms with Gasteiger partial charge in [0.1, 0.15) is 5.84 Å². The molecule has 0 radical (unpaired) electrons. The molecule has 1 aromatic carbocycles. The van der Waals surface area contributed by atoms with Crippen molar-refractivity contribution in [3.63, 3.8) is 0 Å². The Morgan fingerprint density at radius 3 is 2.52 bits per heavy atom. The Morgan fingerprint density at radius 1 is 1.21 bits per heavy atom. The van der Waals surface area contributed by atoms with E-state index in [-0.39, 0.29) is 11.5 Å². The number of nitrogens with two attached hydrogens (primary N) is 2. The first-order valence-electron chi connectivity index (χ1n) is 12.8. The minimum absolute atomic E-state index is 0.0216. The van der Waals surface area contributed by atoms with Crippen LogP contribution in [0.2, 0.25) is 0 Å². The van der Waals surface area contributed by atoms with Gasteiger partial charge in [-0.2, -0.15) is 5.10 Å². The van der Waals surface area contributed by atoms with Gasteiger partial charge in [-0.15, -0.1) is 0 Å². The smallest absolute Gasteiger partial charge is 0.150 e. The van der Waals surface area contributed by atoms with Crippen molar-refractivity contribution in [1.82, 2.24) is 0 Å². The third-order valence-corrected chi connectivity index (χ3v) is 8.29. The summed E-state index contributed by atoms with van der Waals surface area (Å²) in [5.41, 5.74) is 12.7. The van der Waals surface area contributed by atoms with E-state index in [0.717, 1.165) is 44.1 Å². The van der Waals surface area contributed by atoms with E-state index in [9.17, 15) is 5.11 Å². The molecule has 0 heterocycles. The van der Waals surface area contributed by atoms with Crippen LogP contribution in [0.4, 0.5) is 0 Å². The fourth-order valence-corrected chi connectivity index (χ4v) is 6.79. The van der Waals surface area contributed by atoms with Crippen LogP contribution in [0, 0.1) is 17.3 Å². The topological polar surface area (TPSA) is 84.6 Å². The molecule has 0 amide bonds. The highest BCUT2D eigenvalue weighted by Gasteiger charge is 2.56. The predicted molar refractivity (Wildman–Crippen MR) is 140 cm³/mol. The van der Waals surface area contributed by atoms with Gasteiger partial charge in [-0.25, -0.2) is 0 Å². The number of fused-ring (bicyclic) bond motifs is 3. The van der Waals surface area contributed by atoms with Gasteiger partial charge in [0, 0.05) is 11.5 Å². The van der Waals surface area contributed by atoms with Crippen LogP contribution in [0.15, 0.2) is 64.8 Å². The molecule has 0 bridgehead atoms. The molecule has 1 aromatic rings. The Bertz CT molecular complexity index is 927. The Kier molecular flexibility index (Phi) is 8.23. The highest BCUT2D eigenvalue weighted by molar-refractivity contribution is 5.97. The maximum absolute atomic E-state index is 11.0. The molecule has 0 aromatic heterocycles. The molecule has 2 saturated carbocycles. The summed E-state index contributed by atoms with van der Waals surface area (Å²) in [7, 11) is 0. The fraction of sp³-hybridized carbons (Fsp3) is 0.552. The van der Waals surface area contributed by atoms with Gasteiger partial charge >= 0.3 is 0 Å². The number of rotatable bonds is 5. The van der Waals surface area contributed by atoms with Crippen LogP contribution >= 0.6 is 0 Å². The third-order valence-electron chi connectivity index (χ3n) is 8.29. The van der Waals surface area contributed by atoms with E-state index in [1.165, 1.54) is 17.6 Å². The van der Waals surface area contributed by atoms with Crippen LogP contribution in [0.5, 0.6) is 0 Å². The average molecular weight is 450 g/mol. The zero-order chi connectivity index (χ0) is 24.2. The summed E-state index contributed by atoms with van der Waals surface area (Å²) in [6, 6.07) is 8.42. The van der Waals surface area contributed by atoms with Gasteiger partial charge in [0.05, 0.1) is 6.10 Å². The van der Waals surface area contributed by atoms with E-state index in [4.69, 9.17) is 11.6 Å². The Hall–Kier alpha value is -2.33. The lowest BCUT2D eigenvalue weighted by Gasteiger charge is -2.51. The molecule has 180 valence electrons. The van der Waals surface area contributed by atoms with E-state index >= 15 is 0 Å². The monoisotopic (exact) mass is 449 g/mol. The van der Waals surface area contributed by atoms with Gasteiger partial charge in [-0.1, -0.05) is 82.7 Å². The molecule has 0 spiro atoms. The highest BCUT2D eigenvalue weighted by atomic mass is 16.3. The van der Waals surface area contributed by atoms with Crippen molar-refractivity contribution in [2.45, 2.75) is 84.7 Å². The number of benzene rings is 1. The van der Waals surface area contributed by atoms with Crippen molar-refractivity contribution < 1.29 is 5.11 Å². The van der Waals surface area contributed by atoms with Crippen molar-refractivity contribution >= 4 is 5.84 Å². The summed E-state index contributed by atoms with van der Waals surface area (Å²) in [4.78, 5) is 0. The number of hydrogen-bond acceptors (Lipinski definition) is 3. The standard InChI is InChI=1S/C27H37N3O.C2H6/c1-4-6-17-12-13-21-23-14-15-24(31)27(23,3)16-22(25(21)20(17)7-5-2)18-8-10-19(11-9-18)26(28)30-29;1-2/h4,6,8-11,21-24,31H,1,5,7,12-16,29H2,2-3H3,(H2,28,30);1-2H3/b17-6-;. The SMILES string of the molecule is C=C/C=C1/CCC2C(=C1CCC)C(c1ccc(/C(N)=N/N)cc1)CC1(C)C(O)CCC21.CC. The molecular formula is C29H43N3O. The molecular weight excluding hydrogens is 406 g/mol. The van der Waals surface area contributed by atoms with Gasteiger partial charge in [-0.3, -0.25) is 0 Å². The van der Waals surface area contributed by atoms with Gasteiger partial charge in [0.25, 0.3) is 0 Å². The molecule has 2 fully saturated rings. The summed E-state index contributed by atoms with van der Waals surface area (Å²) in [6.07, 6.45) is 11.6. The predicted octanol–water partition coefficient (Wildman–Crippen LogP) is 6.18. The number of aliphatic hydroxyl groups is 1. The van der Waals surface area contributed by atoms with E-state index in [1.807, 2.05) is 32.1 Å². The number of aliphatic hydroxyl groups excluding tert-OH is 1. The van der Waals surface area contributed by atoms with Gasteiger partial charge in [0.2, 0.25) is 0 Å². The second-order valence-electron chi connectivity index (χ2n) is 9.86. The zero-order valence-electron chi connectivity index (χ0n) is 21.0. The van der Waals surface area contributed by atoms with Crippen LogP contribution in [0.3, 0.4) is 0 Å². The van der Waals surface area contributed by atoms with Crippen LogP contribution in [0.1, 0.15) is 89.7 Å². The molecule has 4 nitrogen and oxygen atoms in total. The van der Waals surface area contributed by atoms with Gasteiger partial charge in [0.15, 0.2) is 0 Å². The van der Waals surface area contributed by atoms with E-state index in [1.54, 1.807) is 11.1 Å². The summed E-state index contributed by atoms with van der Waals surface area (Å²) < 4.78 is 0. The quantitative estimate of drug-likeness (QED) is 0.217. The first kappa shape index (κ1) is 25.3. The summed E-state index contributed by atoms with van der Waals surface area (Å²) in [5, 5.41) is 14.6. The maximum Gasteiger partial charge on any atom is 0.150 e. The highest BCUT2D eigenvalue weighted by Crippen LogP contribution is 2.63. The van der Waals surface area contributed by atoms with Crippen molar-refractivity contribution in [3.05, 3.63) is 70.8 Å². The molecule has 3 aliphatic rings. The number of allylic oxidation sites excluding steroid dienone is 5. The van der Waals surface area contributed by atoms with Crippen LogP contribution in [-0.2, 0) is 0 Å². The minimum atomic E-state index is -0.208. The molecule has 5 unspecified atom stereocenters. The fourth-order valence-electron chi connectivity index (χ4n) is 6.79. The maximum atomic E-state index is 11.0. The number of amidine groups is 1. The Morgan fingerprint density at radius 2 is 1.91 bits per heavy atom. The zero-order valence-corrected chi connectivity index (χ0v) is 21.0. The molecule has 0 saturated heterocycles. The lowest BCUT2D eigenvalue weighted by atomic mass is 9.53. The van der Waals surface area contributed by atoms with Gasteiger partial charge < -0.3 is 16.7 Å². The third kappa shape index (κ3) is 4.55. The first-order valence-corrected chi connectivity index (χ1v) is 12.8. The average Bonchev–Trinajstić information content (AvgIpc) is 3.15. The molecule has 3 aliphatic carbocycles. The second kappa shape index (κ2) is 10.7. The molecule has 0 aliphatic heterocycles. The summed E-state index contributed by atoms with van der Waals surface area (Å²) in [6.45, 7) is 12.6. The number of nitrogens with zero attached hydrogens (tertiary/aromatic N) is 1. The molecule has 33 heavy (non-hydrogen) atoms. The normalized spacial score (nSPS) is 32.6. The van der Waals surface area contributed by atoms with Gasteiger partial charge in [-0.05, 0) is 72.5 Å². The van der Waals surface area contributed by atoms with Crippen molar-refractivity contribution in [2.75, 3.05) is 0 Å². The molecule has 5 atom stereocenters. The van der Waals surface area contributed by atoms with Crippen molar-refractivity contribution in [1.29, 1.82) is 0 Å². The molecule has 4 heteroatoms. The first-order chi connectivity index (χ1) is 15.9. The van der Waals surface area contributed by atoms with Crippen molar-refractivity contribution in [3.8, 4) is 0 Å².